The fraction of sp³-hybridized carbons (Fsp3) is 0.733. The molecule has 2 saturated carbocycles. The molecule has 2 unspecified atom stereocenters. The highest BCUT2D eigenvalue weighted by molar-refractivity contribution is 6.06. The fourth-order valence-corrected chi connectivity index (χ4v) is 3.36. The van der Waals surface area contributed by atoms with Gasteiger partial charge in [-0.2, -0.15) is 0 Å². The van der Waals surface area contributed by atoms with E-state index in [0.29, 0.717) is 19.4 Å². The van der Waals surface area contributed by atoms with E-state index in [1.165, 1.54) is 0 Å². The molecule has 2 rings (SSSR count). The van der Waals surface area contributed by atoms with Crippen LogP contribution in [0.5, 0.6) is 0 Å². The monoisotopic (exact) mass is 250 g/mol. The second kappa shape index (κ2) is 5.25. The largest absolute Gasteiger partial charge is 0.465 e. The maximum atomic E-state index is 12.7. The molecule has 0 radical (unpaired) electrons. The maximum absolute atomic E-state index is 12.7. The SMILES string of the molecule is C=C1CCCCC2(C(=O)OCC)CCCC1C2=O. The van der Waals surface area contributed by atoms with Crippen molar-refractivity contribution in [1.82, 2.24) is 0 Å². The van der Waals surface area contributed by atoms with Gasteiger partial charge < -0.3 is 4.74 Å². The third-order valence-electron chi connectivity index (χ3n) is 4.39. The molecule has 3 nitrogen and oxygen atoms in total. The first-order chi connectivity index (χ1) is 8.62. The fourth-order valence-electron chi connectivity index (χ4n) is 3.36. The van der Waals surface area contributed by atoms with Crippen molar-refractivity contribution in [3.8, 4) is 0 Å². The van der Waals surface area contributed by atoms with Gasteiger partial charge in [0.1, 0.15) is 5.41 Å². The van der Waals surface area contributed by atoms with Crippen LogP contribution < -0.4 is 0 Å². The van der Waals surface area contributed by atoms with Crippen molar-refractivity contribution in [3.05, 3.63) is 12.2 Å². The number of ketones is 1. The predicted octanol–water partition coefficient (Wildman–Crippen LogP) is 3.04. The Morgan fingerprint density at radius 1 is 1.39 bits per heavy atom. The first kappa shape index (κ1) is 13.3. The summed E-state index contributed by atoms with van der Waals surface area (Å²) in [5.74, 6) is -0.324. The van der Waals surface area contributed by atoms with Gasteiger partial charge in [0.25, 0.3) is 0 Å². The van der Waals surface area contributed by atoms with Crippen LogP contribution in [0.15, 0.2) is 12.2 Å². The first-order valence-corrected chi connectivity index (χ1v) is 7.01. The highest BCUT2D eigenvalue weighted by Crippen LogP contribution is 2.45. The van der Waals surface area contributed by atoms with Crippen molar-refractivity contribution in [1.29, 1.82) is 0 Å². The summed E-state index contributed by atoms with van der Waals surface area (Å²) in [5.41, 5.74) is 0.163. The number of ether oxygens (including phenoxy) is 1. The van der Waals surface area contributed by atoms with Crippen LogP contribution >= 0.6 is 0 Å². The van der Waals surface area contributed by atoms with E-state index in [9.17, 15) is 9.59 Å². The topological polar surface area (TPSA) is 43.4 Å². The number of hydrogen-bond acceptors (Lipinski definition) is 3. The molecule has 2 aliphatic carbocycles. The lowest BCUT2D eigenvalue weighted by atomic mass is 9.62. The van der Waals surface area contributed by atoms with Gasteiger partial charge >= 0.3 is 5.97 Å². The van der Waals surface area contributed by atoms with Crippen molar-refractivity contribution in [2.75, 3.05) is 6.61 Å². The summed E-state index contributed by atoms with van der Waals surface area (Å²) in [6.45, 7) is 6.19. The van der Waals surface area contributed by atoms with E-state index >= 15 is 0 Å². The summed E-state index contributed by atoms with van der Waals surface area (Å²) >= 11 is 0. The lowest BCUT2D eigenvalue weighted by Crippen LogP contribution is -2.47. The Morgan fingerprint density at radius 3 is 2.83 bits per heavy atom. The standard InChI is InChI=1S/C15H22O3/c1-3-18-14(17)15-9-5-4-7-11(2)12(13(15)16)8-6-10-15/h12H,2-10H2,1H3. The highest BCUT2D eigenvalue weighted by Gasteiger charge is 2.52. The van der Waals surface area contributed by atoms with Crippen LogP contribution in [-0.4, -0.2) is 18.4 Å². The van der Waals surface area contributed by atoms with Gasteiger partial charge in [0.2, 0.25) is 0 Å². The van der Waals surface area contributed by atoms with Gasteiger partial charge in [0, 0.05) is 5.92 Å². The highest BCUT2D eigenvalue weighted by atomic mass is 16.5. The van der Waals surface area contributed by atoms with Gasteiger partial charge in [-0.15, -0.1) is 0 Å². The summed E-state index contributed by atoms with van der Waals surface area (Å²) in [7, 11) is 0. The van der Waals surface area contributed by atoms with Gasteiger partial charge in [-0.05, 0) is 39.0 Å². The van der Waals surface area contributed by atoms with E-state index in [1.54, 1.807) is 6.92 Å². The first-order valence-electron chi connectivity index (χ1n) is 7.01. The minimum atomic E-state index is -0.859. The second-order valence-electron chi connectivity index (χ2n) is 5.48. The Kier molecular flexibility index (Phi) is 3.88. The van der Waals surface area contributed by atoms with Crippen LogP contribution in [0.3, 0.4) is 0 Å². The summed E-state index contributed by atoms with van der Waals surface area (Å²) < 4.78 is 5.17. The number of hydrogen-bond donors (Lipinski definition) is 0. The van der Waals surface area contributed by atoms with Crippen molar-refractivity contribution in [3.63, 3.8) is 0 Å². The average molecular weight is 250 g/mol. The zero-order chi connectivity index (χ0) is 13.2. The maximum Gasteiger partial charge on any atom is 0.319 e. The average Bonchev–Trinajstić information content (AvgIpc) is 2.36. The zero-order valence-corrected chi connectivity index (χ0v) is 11.2. The number of allylic oxidation sites excluding steroid dienone is 1. The molecule has 18 heavy (non-hydrogen) atoms. The third kappa shape index (κ3) is 2.11. The predicted molar refractivity (Wildman–Crippen MR) is 69.0 cm³/mol. The van der Waals surface area contributed by atoms with Gasteiger partial charge in [-0.25, -0.2) is 0 Å². The quantitative estimate of drug-likeness (QED) is 0.430. The van der Waals surface area contributed by atoms with Gasteiger partial charge in [0.15, 0.2) is 5.78 Å². The zero-order valence-electron chi connectivity index (χ0n) is 11.2. The van der Waals surface area contributed by atoms with Crippen molar-refractivity contribution in [2.45, 2.75) is 51.9 Å². The number of esters is 1. The van der Waals surface area contributed by atoms with Crippen molar-refractivity contribution >= 4 is 11.8 Å². The molecular weight excluding hydrogens is 228 g/mol. The number of rotatable bonds is 2. The number of Topliss-reactive ketones (excluding diaryl/α,β-unsaturated/α-hetero) is 1. The normalized spacial score (nSPS) is 32.6. The molecule has 2 bridgehead atoms. The van der Waals surface area contributed by atoms with Crippen molar-refractivity contribution < 1.29 is 14.3 Å². The Hall–Kier alpha value is -1.12. The molecule has 0 amide bonds. The number of carbonyl (C=O) groups excluding carboxylic acids is 2. The van der Waals surface area contributed by atoms with Crippen LogP contribution in [0.1, 0.15) is 51.9 Å². The molecule has 0 aliphatic heterocycles. The number of fused-ring (bicyclic) bond motifs is 2. The third-order valence-corrected chi connectivity index (χ3v) is 4.39. The van der Waals surface area contributed by atoms with E-state index in [4.69, 9.17) is 4.74 Å². The Labute approximate surface area is 109 Å². The molecule has 0 heterocycles. The van der Waals surface area contributed by atoms with Crippen LogP contribution in [0.4, 0.5) is 0 Å². The molecule has 0 saturated heterocycles. The van der Waals surface area contributed by atoms with E-state index in [2.05, 4.69) is 6.58 Å². The van der Waals surface area contributed by atoms with Crippen LogP contribution in [0.25, 0.3) is 0 Å². The smallest absolute Gasteiger partial charge is 0.319 e. The lowest BCUT2D eigenvalue weighted by Gasteiger charge is -2.39. The minimum Gasteiger partial charge on any atom is -0.465 e. The molecule has 2 aliphatic rings. The Balaban J connectivity index is 2.32. The van der Waals surface area contributed by atoms with E-state index < -0.39 is 5.41 Å². The van der Waals surface area contributed by atoms with Crippen LogP contribution in [-0.2, 0) is 14.3 Å². The van der Waals surface area contributed by atoms with E-state index in [0.717, 1.165) is 37.7 Å². The Bertz CT molecular complexity index is 372. The molecule has 0 aromatic rings. The summed E-state index contributed by atoms with van der Waals surface area (Å²) in [4.78, 5) is 24.9. The van der Waals surface area contributed by atoms with E-state index in [-0.39, 0.29) is 17.7 Å². The summed E-state index contributed by atoms with van der Waals surface area (Å²) in [6, 6.07) is 0. The minimum absolute atomic E-state index is 0.0805. The van der Waals surface area contributed by atoms with Gasteiger partial charge in [-0.3, -0.25) is 9.59 Å². The van der Waals surface area contributed by atoms with Crippen LogP contribution in [0.2, 0.25) is 0 Å². The number of carbonyl (C=O) groups is 2. The molecule has 2 atom stereocenters. The molecule has 3 heteroatoms. The van der Waals surface area contributed by atoms with E-state index in [1.807, 2.05) is 0 Å². The lowest BCUT2D eigenvalue weighted by molar-refractivity contribution is -0.164. The molecule has 2 fully saturated rings. The van der Waals surface area contributed by atoms with Gasteiger partial charge in [-0.1, -0.05) is 25.0 Å². The summed E-state index contributed by atoms with van der Waals surface area (Å²) in [5, 5.41) is 0. The van der Waals surface area contributed by atoms with Crippen molar-refractivity contribution in [2.24, 2.45) is 11.3 Å². The molecular formula is C15H22O3. The molecule has 0 aromatic heterocycles. The van der Waals surface area contributed by atoms with Crippen LogP contribution in [0, 0.1) is 11.3 Å². The summed E-state index contributed by atoms with van der Waals surface area (Å²) in [6.07, 6.45) is 5.98. The molecule has 0 aromatic carbocycles. The molecule has 0 spiro atoms. The second-order valence-corrected chi connectivity index (χ2v) is 5.48. The van der Waals surface area contributed by atoms with Gasteiger partial charge in [0.05, 0.1) is 6.61 Å². The Morgan fingerprint density at radius 2 is 2.11 bits per heavy atom. The molecule has 0 N–H and O–H groups in total. The molecule has 100 valence electrons.